The Labute approximate surface area is 104 Å². The number of nitrogens with one attached hydrogen (secondary N) is 1. The SMILES string of the molecule is CC[C@H](C)N(C)C(=O)[C@H](C)NC(=O)C1CCC1. The van der Waals surface area contributed by atoms with E-state index in [1.54, 1.807) is 18.9 Å². The summed E-state index contributed by atoms with van der Waals surface area (Å²) in [6.07, 6.45) is 3.99. The van der Waals surface area contributed by atoms with Crippen molar-refractivity contribution in [3.63, 3.8) is 0 Å². The molecule has 4 heteroatoms. The minimum absolute atomic E-state index is 0.00739. The number of carbonyl (C=O) groups is 2. The summed E-state index contributed by atoms with van der Waals surface area (Å²) in [5.41, 5.74) is 0. The molecular formula is C13H24N2O2. The molecule has 2 atom stereocenters. The second-order valence-corrected chi connectivity index (χ2v) is 5.06. The lowest BCUT2D eigenvalue weighted by Gasteiger charge is -2.29. The van der Waals surface area contributed by atoms with Gasteiger partial charge in [0.1, 0.15) is 6.04 Å². The van der Waals surface area contributed by atoms with Crippen LogP contribution in [0.3, 0.4) is 0 Å². The van der Waals surface area contributed by atoms with E-state index in [1.807, 2.05) is 13.8 Å². The molecule has 0 bridgehead atoms. The van der Waals surface area contributed by atoms with E-state index in [0.717, 1.165) is 25.7 Å². The number of rotatable bonds is 5. The van der Waals surface area contributed by atoms with Crippen molar-refractivity contribution >= 4 is 11.8 Å². The maximum atomic E-state index is 12.0. The summed E-state index contributed by atoms with van der Waals surface area (Å²) in [4.78, 5) is 25.5. The molecule has 98 valence electrons. The Hall–Kier alpha value is -1.06. The average Bonchev–Trinajstić information content (AvgIpc) is 2.23. The van der Waals surface area contributed by atoms with Crippen molar-refractivity contribution in [2.45, 2.75) is 58.5 Å². The minimum Gasteiger partial charge on any atom is -0.344 e. The van der Waals surface area contributed by atoms with Crippen LogP contribution >= 0.6 is 0 Å². The normalized spacial score (nSPS) is 19.1. The number of hydrogen-bond acceptors (Lipinski definition) is 2. The molecule has 0 aromatic heterocycles. The molecule has 17 heavy (non-hydrogen) atoms. The minimum atomic E-state index is -0.415. The Morgan fingerprint density at radius 3 is 2.35 bits per heavy atom. The largest absolute Gasteiger partial charge is 0.344 e. The van der Waals surface area contributed by atoms with Crippen molar-refractivity contribution in [3.05, 3.63) is 0 Å². The standard InChI is InChI=1S/C13H24N2O2/c1-5-9(2)15(4)13(17)10(3)14-12(16)11-7-6-8-11/h9-11H,5-8H2,1-4H3,(H,14,16)/t9-,10-/m0/s1. The fourth-order valence-electron chi connectivity index (χ4n) is 1.86. The summed E-state index contributed by atoms with van der Waals surface area (Å²) in [5, 5.41) is 2.81. The highest BCUT2D eigenvalue weighted by molar-refractivity contribution is 5.88. The van der Waals surface area contributed by atoms with Crippen LogP contribution in [0.4, 0.5) is 0 Å². The third kappa shape index (κ3) is 3.45. The van der Waals surface area contributed by atoms with E-state index >= 15 is 0 Å². The Kier molecular flexibility index (Phi) is 4.97. The zero-order valence-electron chi connectivity index (χ0n) is 11.3. The Balaban J connectivity index is 2.42. The van der Waals surface area contributed by atoms with Crippen molar-refractivity contribution in [2.75, 3.05) is 7.05 Å². The maximum absolute atomic E-state index is 12.0. The molecule has 1 fully saturated rings. The van der Waals surface area contributed by atoms with Crippen LogP contribution < -0.4 is 5.32 Å². The van der Waals surface area contributed by atoms with Gasteiger partial charge < -0.3 is 10.2 Å². The van der Waals surface area contributed by atoms with Crippen LogP contribution in [0.2, 0.25) is 0 Å². The molecule has 0 spiro atoms. The highest BCUT2D eigenvalue weighted by Crippen LogP contribution is 2.26. The third-order valence-corrected chi connectivity index (χ3v) is 3.80. The lowest BCUT2D eigenvalue weighted by molar-refractivity contribution is -0.138. The molecule has 0 saturated heterocycles. The van der Waals surface area contributed by atoms with Gasteiger partial charge in [0.05, 0.1) is 0 Å². The summed E-state index contributed by atoms with van der Waals surface area (Å²) in [6, 6.07) is -0.201. The van der Waals surface area contributed by atoms with Gasteiger partial charge in [-0.25, -0.2) is 0 Å². The van der Waals surface area contributed by atoms with E-state index in [2.05, 4.69) is 5.32 Å². The van der Waals surface area contributed by atoms with Crippen LogP contribution in [0.25, 0.3) is 0 Å². The molecule has 0 aromatic carbocycles. The van der Waals surface area contributed by atoms with Crippen molar-refractivity contribution in [1.82, 2.24) is 10.2 Å². The molecule has 1 rings (SSSR count). The number of carbonyl (C=O) groups excluding carboxylic acids is 2. The van der Waals surface area contributed by atoms with Crippen LogP contribution in [0.1, 0.15) is 46.5 Å². The molecular weight excluding hydrogens is 216 g/mol. The van der Waals surface area contributed by atoms with Gasteiger partial charge in [0.2, 0.25) is 11.8 Å². The fraction of sp³-hybridized carbons (Fsp3) is 0.846. The number of likely N-dealkylation sites (N-methyl/N-ethyl adjacent to an activating group) is 1. The highest BCUT2D eigenvalue weighted by atomic mass is 16.2. The van der Waals surface area contributed by atoms with Crippen LogP contribution in [0.5, 0.6) is 0 Å². The van der Waals surface area contributed by atoms with E-state index in [4.69, 9.17) is 0 Å². The topological polar surface area (TPSA) is 49.4 Å². The zero-order valence-corrected chi connectivity index (χ0v) is 11.3. The molecule has 0 unspecified atom stereocenters. The van der Waals surface area contributed by atoms with Gasteiger partial charge in [-0.3, -0.25) is 9.59 Å². The predicted octanol–water partition coefficient (Wildman–Crippen LogP) is 1.55. The summed E-state index contributed by atoms with van der Waals surface area (Å²) in [5.74, 6) is 0.167. The lowest BCUT2D eigenvalue weighted by atomic mass is 9.84. The Morgan fingerprint density at radius 2 is 1.94 bits per heavy atom. The average molecular weight is 240 g/mol. The van der Waals surface area contributed by atoms with Gasteiger partial charge in [-0.2, -0.15) is 0 Å². The van der Waals surface area contributed by atoms with Crippen molar-refractivity contribution < 1.29 is 9.59 Å². The molecule has 0 aromatic rings. The predicted molar refractivity (Wildman–Crippen MR) is 67.5 cm³/mol. The molecule has 1 saturated carbocycles. The molecule has 1 aliphatic carbocycles. The van der Waals surface area contributed by atoms with E-state index in [9.17, 15) is 9.59 Å². The van der Waals surface area contributed by atoms with Crippen molar-refractivity contribution in [1.29, 1.82) is 0 Å². The molecule has 1 aliphatic rings. The molecule has 1 N–H and O–H groups in total. The van der Waals surface area contributed by atoms with Gasteiger partial charge in [-0.15, -0.1) is 0 Å². The van der Waals surface area contributed by atoms with E-state index in [-0.39, 0.29) is 23.8 Å². The maximum Gasteiger partial charge on any atom is 0.244 e. The third-order valence-electron chi connectivity index (χ3n) is 3.80. The molecule has 4 nitrogen and oxygen atoms in total. The number of hydrogen-bond donors (Lipinski definition) is 1. The quantitative estimate of drug-likeness (QED) is 0.792. The first-order valence-electron chi connectivity index (χ1n) is 6.54. The van der Waals surface area contributed by atoms with Crippen LogP contribution in [-0.4, -0.2) is 35.8 Å². The first-order chi connectivity index (χ1) is 7.97. The Morgan fingerprint density at radius 1 is 1.35 bits per heavy atom. The zero-order chi connectivity index (χ0) is 13.0. The second-order valence-electron chi connectivity index (χ2n) is 5.06. The van der Waals surface area contributed by atoms with Crippen molar-refractivity contribution in [2.24, 2.45) is 5.92 Å². The lowest BCUT2D eigenvalue weighted by Crippen LogP contribution is -2.50. The smallest absolute Gasteiger partial charge is 0.244 e. The van der Waals surface area contributed by atoms with E-state index in [0.29, 0.717) is 0 Å². The van der Waals surface area contributed by atoms with Gasteiger partial charge in [0.25, 0.3) is 0 Å². The van der Waals surface area contributed by atoms with E-state index < -0.39 is 6.04 Å². The molecule has 2 amide bonds. The van der Waals surface area contributed by atoms with Gasteiger partial charge in [-0.1, -0.05) is 13.3 Å². The van der Waals surface area contributed by atoms with Gasteiger partial charge in [-0.05, 0) is 33.1 Å². The monoisotopic (exact) mass is 240 g/mol. The molecule has 0 radical (unpaired) electrons. The Bertz CT molecular complexity index is 287. The number of nitrogens with zero attached hydrogens (tertiary/aromatic N) is 1. The number of amides is 2. The second kappa shape index (κ2) is 6.03. The van der Waals surface area contributed by atoms with Crippen molar-refractivity contribution in [3.8, 4) is 0 Å². The summed E-state index contributed by atoms with van der Waals surface area (Å²) in [7, 11) is 1.79. The molecule has 0 aliphatic heterocycles. The summed E-state index contributed by atoms with van der Waals surface area (Å²) < 4.78 is 0. The van der Waals surface area contributed by atoms with Crippen LogP contribution in [-0.2, 0) is 9.59 Å². The fourth-order valence-corrected chi connectivity index (χ4v) is 1.86. The first-order valence-corrected chi connectivity index (χ1v) is 6.54. The first kappa shape index (κ1) is 14.0. The molecule has 0 heterocycles. The van der Waals surface area contributed by atoms with Crippen LogP contribution in [0.15, 0.2) is 0 Å². The van der Waals surface area contributed by atoms with Gasteiger partial charge in [0.15, 0.2) is 0 Å². The highest BCUT2D eigenvalue weighted by Gasteiger charge is 2.28. The summed E-state index contributed by atoms with van der Waals surface area (Å²) in [6.45, 7) is 5.82. The summed E-state index contributed by atoms with van der Waals surface area (Å²) >= 11 is 0. The van der Waals surface area contributed by atoms with Crippen LogP contribution in [0, 0.1) is 5.92 Å². The van der Waals surface area contributed by atoms with E-state index in [1.165, 1.54) is 0 Å². The van der Waals surface area contributed by atoms with Gasteiger partial charge in [0, 0.05) is 19.0 Å². The van der Waals surface area contributed by atoms with Gasteiger partial charge >= 0.3 is 0 Å².